The van der Waals surface area contributed by atoms with Gasteiger partial charge in [0.05, 0.1) is 53.4 Å². The molecule has 3 unspecified atom stereocenters. The number of aryl methyl sites for hydroxylation is 2. The molecule has 9 aromatic carbocycles. The zero-order chi connectivity index (χ0) is 58.5. The molecule has 0 bridgehead atoms. The molecule has 14 heteroatoms. The minimum Gasteiger partial charge on any atom is -0.508 e. The fourth-order valence-electron chi connectivity index (χ4n) is 12.9. The number of esters is 1. The fraction of sp³-hybridized carbons (Fsp3) is 0.353. The van der Waals surface area contributed by atoms with Crippen LogP contribution in [0, 0.1) is 13.8 Å². The van der Waals surface area contributed by atoms with Crippen molar-refractivity contribution < 1.29 is 54.1 Å². The van der Waals surface area contributed by atoms with Gasteiger partial charge in [-0.05, 0) is 215 Å². The number of hydrogen-bond donors (Lipinski definition) is 5. The first-order chi connectivity index (χ1) is 39.3. The van der Waals surface area contributed by atoms with Gasteiger partial charge in [-0.25, -0.2) is 4.79 Å². The van der Waals surface area contributed by atoms with Crippen LogP contribution in [0.4, 0.5) is 0 Å². The molecule has 5 N–H and O–H groups in total. The van der Waals surface area contributed by atoms with Crippen LogP contribution in [0.15, 0.2) is 103 Å². The van der Waals surface area contributed by atoms with Crippen LogP contribution in [0.5, 0.6) is 23.0 Å². The number of fused-ring (bicyclic) bond motifs is 13. The molecule has 2 saturated heterocycles. The Bertz CT molecular complexity index is 3990. The number of phenolic OH excluding ortho intramolecular Hbond substituents is 1. The summed E-state index contributed by atoms with van der Waals surface area (Å²) < 4.78 is 22.0. The van der Waals surface area contributed by atoms with Crippen LogP contribution in [0.3, 0.4) is 0 Å². The summed E-state index contributed by atoms with van der Waals surface area (Å²) in [5.41, 5.74) is 7.55. The molecule has 9 aromatic rings. The molecule has 0 radical (unpaired) electrons. The van der Waals surface area contributed by atoms with Gasteiger partial charge in [0.1, 0.15) is 28.5 Å². The highest BCUT2D eigenvalue weighted by atomic mass is 79.9. The molecule has 3 heterocycles. The third-order valence-corrected chi connectivity index (χ3v) is 18.0. The molecule has 12 rings (SSSR count). The summed E-state index contributed by atoms with van der Waals surface area (Å²) in [5, 5.41) is 64.3. The number of carbonyl (C=O) groups excluding carboxylic acids is 2. The second kappa shape index (κ2) is 23.3. The number of amides is 1. The molecule has 3 aliphatic heterocycles. The molecule has 3 aliphatic rings. The Labute approximate surface area is 486 Å². The first-order valence-corrected chi connectivity index (χ1v) is 29.1. The maximum atomic E-state index is 13.0. The summed E-state index contributed by atoms with van der Waals surface area (Å²) in [6.45, 7) is 13.5. The molecule has 0 aromatic heterocycles. The van der Waals surface area contributed by atoms with Crippen LogP contribution in [0.2, 0.25) is 0 Å². The van der Waals surface area contributed by atoms with E-state index in [2.05, 4.69) is 83.2 Å². The standard InChI is InChI=1S/C27H31NO5.C23H25NO4.C18H17BrO2/c1-16(2)33-26(31)27(4)9-8-25(30)28(27)14-19-11-18-7-6-17(3)10-21(18)23-12-20(15-29)24(32-5)13-22(19)23;1-23-6-3-7-24(23)11-19-18-10-20(28-2)13(12-25)8-16(18)17-9-14(26)4-5-15(17)21(19)22(23)27;1-11-3-4-12-6-13(9-19)16-8-18(21-2)14(10-20)7-17(16)15(12)5-11/h6-7,10-13,16,29H,8-9,14-15H2,1-5H3;4-5,8-10,22,25-27H,3,6-7,11-12H2,1-2H3;3-8,20H,9-10H2,1-2H3. The number of aromatic hydroxyl groups is 1. The Morgan fingerprint density at radius 2 is 1.15 bits per heavy atom. The summed E-state index contributed by atoms with van der Waals surface area (Å²) in [6.07, 6.45) is 1.94. The van der Waals surface area contributed by atoms with Crippen molar-refractivity contribution in [3.63, 3.8) is 0 Å². The lowest BCUT2D eigenvalue weighted by molar-refractivity contribution is -0.162. The number of phenols is 1. The lowest BCUT2D eigenvalue weighted by atomic mass is 9.77. The Balaban J connectivity index is 0.000000141. The fourth-order valence-corrected chi connectivity index (χ4v) is 13.3. The number of halogens is 1. The second-order valence-corrected chi connectivity index (χ2v) is 23.4. The molecular formula is C68H73BrN2O11. The molecule has 0 aliphatic carbocycles. The van der Waals surface area contributed by atoms with Gasteiger partial charge in [0.15, 0.2) is 0 Å². The quantitative estimate of drug-likeness (QED) is 0.0471. The van der Waals surface area contributed by atoms with Crippen LogP contribution in [-0.2, 0) is 52.6 Å². The van der Waals surface area contributed by atoms with Crippen molar-refractivity contribution in [1.82, 2.24) is 9.80 Å². The average Bonchev–Trinajstić information content (AvgIpc) is 2.05. The van der Waals surface area contributed by atoms with Crippen molar-refractivity contribution in [2.45, 2.75) is 129 Å². The van der Waals surface area contributed by atoms with Crippen LogP contribution in [0.1, 0.15) is 110 Å². The summed E-state index contributed by atoms with van der Waals surface area (Å²) in [6, 6.07) is 34.2. The number of methoxy groups -OCH3 is 3. The Kier molecular flexibility index (Phi) is 16.5. The van der Waals surface area contributed by atoms with E-state index in [0.29, 0.717) is 35.5 Å². The smallest absolute Gasteiger partial charge is 0.332 e. The number of nitrogens with zero attached hydrogens (tertiary/aromatic N) is 2. The predicted octanol–water partition coefficient (Wildman–Crippen LogP) is 12.9. The normalized spacial score (nSPS) is 18.7. The van der Waals surface area contributed by atoms with Gasteiger partial charge >= 0.3 is 5.97 Å². The molecule has 428 valence electrons. The zero-order valence-corrected chi connectivity index (χ0v) is 49.8. The Hall–Kier alpha value is -7.04. The molecule has 82 heavy (non-hydrogen) atoms. The van der Waals surface area contributed by atoms with Crippen molar-refractivity contribution >= 4 is 92.4 Å². The number of ether oxygens (including phenoxy) is 4. The number of hydrogen-bond acceptors (Lipinski definition) is 12. The number of aliphatic hydroxyl groups is 4. The largest absolute Gasteiger partial charge is 0.508 e. The first-order valence-electron chi connectivity index (χ1n) is 28.0. The van der Waals surface area contributed by atoms with E-state index in [9.17, 15) is 35.1 Å². The molecule has 13 nitrogen and oxygen atoms in total. The topological polar surface area (TPSA) is 179 Å². The lowest BCUT2D eigenvalue weighted by Crippen LogP contribution is -2.50. The van der Waals surface area contributed by atoms with E-state index in [1.165, 1.54) is 27.3 Å². The van der Waals surface area contributed by atoms with E-state index in [-0.39, 0.29) is 55.6 Å². The van der Waals surface area contributed by atoms with E-state index in [1.54, 1.807) is 45.3 Å². The number of aliphatic hydroxyl groups excluding tert-OH is 4. The number of benzene rings is 9. The second-order valence-electron chi connectivity index (χ2n) is 22.9. The van der Waals surface area contributed by atoms with Gasteiger partial charge in [-0.15, -0.1) is 0 Å². The minimum absolute atomic E-state index is 0.0229. The third kappa shape index (κ3) is 10.4. The summed E-state index contributed by atoms with van der Waals surface area (Å²) in [5.74, 6) is 1.72. The summed E-state index contributed by atoms with van der Waals surface area (Å²) >= 11 is 3.57. The minimum atomic E-state index is -1.01. The van der Waals surface area contributed by atoms with E-state index in [1.807, 2.05) is 63.2 Å². The van der Waals surface area contributed by atoms with Gasteiger partial charge in [-0.1, -0.05) is 69.5 Å². The van der Waals surface area contributed by atoms with Gasteiger partial charge in [-0.3, -0.25) is 9.69 Å². The van der Waals surface area contributed by atoms with Crippen molar-refractivity contribution in [3.05, 3.63) is 153 Å². The SMILES string of the molecule is COc1cc2c(CBr)cc3ccc(C)cc3c2cc1CO.COc1cc2c(CN3C(=O)CCC3(C)C(=O)OC(C)C)cc3ccc(C)cc3c2cc1CO.COc1cc2c3c(c4ccc(O)cc4c2cc1CO)C(O)C1(C)CCCN1C3. The molecule has 0 spiro atoms. The highest BCUT2D eigenvalue weighted by Gasteiger charge is 2.50. The van der Waals surface area contributed by atoms with Crippen LogP contribution in [-0.4, -0.2) is 92.3 Å². The van der Waals surface area contributed by atoms with Crippen molar-refractivity contribution in [2.24, 2.45) is 0 Å². The Morgan fingerprint density at radius 1 is 0.634 bits per heavy atom. The number of carbonyl (C=O) groups is 2. The van der Waals surface area contributed by atoms with E-state index < -0.39 is 11.6 Å². The lowest BCUT2D eigenvalue weighted by Gasteiger charge is -2.45. The third-order valence-electron chi connectivity index (χ3n) is 17.4. The number of rotatable bonds is 11. The maximum absolute atomic E-state index is 13.0. The molecule has 0 saturated carbocycles. The molecular weight excluding hydrogens is 1100 g/mol. The number of alkyl halides is 1. The van der Waals surface area contributed by atoms with Crippen molar-refractivity contribution in [1.29, 1.82) is 0 Å². The Morgan fingerprint density at radius 3 is 1.67 bits per heavy atom. The van der Waals surface area contributed by atoms with Crippen LogP contribution < -0.4 is 14.2 Å². The van der Waals surface area contributed by atoms with Gasteiger partial charge in [-0.2, -0.15) is 0 Å². The van der Waals surface area contributed by atoms with Crippen molar-refractivity contribution in [3.8, 4) is 23.0 Å². The average molecular weight is 1170 g/mol. The zero-order valence-electron chi connectivity index (χ0n) is 48.2. The highest BCUT2D eigenvalue weighted by Crippen LogP contribution is 2.51. The van der Waals surface area contributed by atoms with Crippen molar-refractivity contribution in [2.75, 3.05) is 27.9 Å². The number of likely N-dealkylation sites (tertiary alicyclic amines) is 1. The highest BCUT2D eigenvalue weighted by molar-refractivity contribution is 9.08. The van der Waals surface area contributed by atoms with E-state index >= 15 is 0 Å². The molecule has 1 amide bonds. The summed E-state index contributed by atoms with van der Waals surface area (Å²) in [4.78, 5) is 29.9. The van der Waals surface area contributed by atoms with E-state index in [4.69, 9.17) is 18.9 Å². The maximum Gasteiger partial charge on any atom is 0.332 e. The molecule has 3 atom stereocenters. The molecule has 2 fully saturated rings. The van der Waals surface area contributed by atoms with Gasteiger partial charge in [0, 0.05) is 47.1 Å². The van der Waals surface area contributed by atoms with E-state index in [0.717, 1.165) is 113 Å². The van der Waals surface area contributed by atoms with Gasteiger partial charge in [0.25, 0.3) is 0 Å². The predicted molar refractivity (Wildman–Crippen MR) is 328 cm³/mol. The van der Waals surface area contributed by atoms with Crippen LogP contribution >= 0.6 is 15.9 Å². The first kappa shape index (κ1) is 58.2. The van der Waals surface area contributed by atoms with Gasteiger partial charge < -0.3 is 49.4 Å². The summed E-state index contributed by atoms with van der Waals surface area (Å²) in [7, 11) is 4.82. The van der Waals surface area contributed by atoms with Gasteiger partial charge in [0.2, 0.25) is 5.91 Å². The van der Waals surface area contributed by atoms with Crippen LogP contribution in [0.25, 0.3) is 64.6 Å². The monoisotopic (exact) mass is 1170 g/mol.